The molecular weight excluding hydrogens is 260 g/mol. The van der Waals surface area contributed by atoms with Gasteiger partial charge < -0.3 is 10.3 Å². The number of hydrogen-bond acceptors (Lipinski definition) is 3. The van der Waals surface area contributed by atoms with Crippen LogP contribution in [-0.2, 0) is 6.42 Å². The second-order valence-electron chi connectivity index (χ2n) is 6.95. The molecule has 4 nitrogen and oxygen atoms in total. The lowest BCUT2D eigenvalue weighted by atomic mass is 9.88. The Hall–Kier alpha value is -0.900. The van der Waals surface area contributed by atoms with Gasteiger partial charge in [-0.05, 0) is 51.0 Å². The van der Waals surface area contributed by atoms with Crippen molar-refractivity contribution in [3.05, 3.63) is 11.6 Å². The van der Waals surface area contributed by atoms with E-state index in [1.807, 2.05) is 0 Å². The third-order valence-corrected chi connectivity index (χ3v) is 5.10. The molecule has 1 unspecified atom stereocenters. The van der Waals surface area contributed by atoms with Crippen molar-refractivity contribution in [3.63, 3.8) is 0 Å². The van der Waals surface area contributed by atoms with Crippen molar-refractivity contribution >= 4 is 0 Å². The van der Waals surface area contributed by atoms with Crippen molar-refractivity contribution in [1.29, 1.82) is 0 Å². The number of rotatable bonds is 7. The Morgan fingerprint density at radius 1 is 1.14 bits per heavy atom. The Morgan fingerprint density at radius 2 is 1.86 bits per heavy atom. The number of nitrogens with two attached hydrogens (primary N) is 1. The molecule has 0 saturated heterocycles. The monoisotopic (exact) mass is 292 g/mol. The van der Waals surface area contributed by atoms with Crippen LogP contribution in [0.3, 0.4) is 0 Å². The molecule has 1 aromatic heterocycles. The maximum Gasteiger partial charge on any atom is 0.133 e. The van der Waals surface area contributed by atoms with Gasteiger partial charge in [-0.2, -0.15) is 0 Å². The summed E-state index contributed by atoms with van der Waals surface area (Å²) in [6, 6.07) is 0.635. The van der Waals surface area contributed by atoms with Gasteiger partial charge in [0.25, 0.3) is 0 Å². The van der Waals surface area contributed by atoms with E-state index in [4.69, 9.17) is 5.73 Å². The Labute approximate surface area is 129 Å². The normalized spacial score (nSPS) is 18.3. The van der Waals surface area contributed by atoms with E-state index < -0.39 is 0 Å². The summed E-state index contributed by atoms with van der Waals surface area (Å²) in [5, 5.41) is 8.81. The number of aryl methyl sites for hydroxylation is 2. The van der Waals surface area contributed by atoms with Gasteiger partial charge in [-0.1, -0.05) is 33.1 Å². The average Bonchev–Trinajstić information content (AvgIpc) is 2.85. The molecule has 0 radical (unpaired) electrons. The minimum absolute atomic E-state index is 0.635. The zero-order valence-electron chi connectivity index (χ0n) is 14.0. The van der Waals surface area contributed by atoms with Crippen LogP contribution in [0.4, 0.5) is 0 Å². The quantitative estimate of drug-likeness (QED) is 0.834. The molecular formula is C17H32N4. The second kappa shape index (κ2) is 7.92. The molecule has 120 valence electrons. The van der Waals surface area contributed by atoms with Crippen molar-refractivity contribution < 1.29 is 0 Å². The number of aromatic nitrogens is 3. The van der Waals surface area contributed by atoms with Crippen LogP contribution in [0, 0.1) is 18.8 Å². The maximum atomic E-state index is 5.75. The zero-order chi connectivity index (χ0) is 15.2. The minimum atomic E-state index is 0.635. The molecule has 0 spiro atoms. The van der Waals surface area contributed by atoms with Crippen LogP contribution in [-0.4, -0.2) is 21.3 Å². The van der Waals surface area contributed by atoms with Crippen molar-refractivity contribution in [1.82, 2.24) is 14.8 Å². The molecule has 1 saturated carbocycles. The van der Waals surface area contributed by atoms with E-state index in [-0.39, 0.29) is 0 Å². The fraction of sp³-hybridized carbons (Fsp3) is 0.882. The summed E-state index contributed by atoms with van der Waals surface area (Å²) < 4.78 is 2.43. The molecule has 1 atom stereocenters. The highest BCUT2D eigenvalue weighted by molar-refractivity contribution is 4.98. The van der Waals surface area contributed by atoms with E-state index >= 15 is 0 Å². The Kier molecular flexibility index (Phi) is 6.22. The van der Waals surface area contributed by atoms with Gasteiger partial charge in [-0.3, -0.25) is 0 Å². The molecule has 1 heterocycles. The molecule has 1 aliphatic carbocycles. The first-order valence-electron chi connectivity index (χ1n) is 8.74. The highest BCUT2D eigenvalue weighted by atomic mass is 15.3. The fourth-order valence-corrected chi connectivity index (χ4v) is 3.74. The van der Waals surface area contributed by atoms with Crippen LogP contribution in [0.5, 0.6) is 0 Å². The van der Waals surface area contributed by atoms with Gasteiger partial charge in [-0.25, -0.2) is 0 Å². The minimum Gasteiger partial charge on any atom is -0.330 e. The molecule has 21 heavy (non-hydrogen) atoms. The fourth-order valence-electron chi connectivity index (χ4n) is 3.74. The lowest BCUT2D eigenvalue weighted by Crippen LogP contribution is -2.19. The lowest BCUT2D eigenvalue weighted by molar-refractivity contribution is 0.320. The van der Waals surface area contributed by atoms with Crippen LogP contribution in [0.15, 0.2) is 0 Å². The largest absolute Gasteiger partial charge is 0.330 e. The van der Waals surface area contributed by atoms with Gasteiger partial charge in [0.2, 0.25) is 0 Å². The van der Waals surface area contributed by atoms with Crippen LogP contribution in [0.2, 0.25) is 0 Å². The molecule has 1 fully saturated rings. The Bertz CT molecular complexity index is 418. The van der Waals surface area contributed by atoms with Gasteiger partial charge in [0, 0.05) is 12.5 Å². The third kappa shape index (κ3) is 4.29. The molecule has 0 bridgehead atoms. The highest BCUT2D eigenvalue weighted by Gasteiger charge is 2.22. The molecule has 2 rings (SSSR count). The molecule has 0 amide bonds. The zero-order valence-corrected chi connectivity index (χ0v) is 14.0. The van der Waals surface area contributed by atoms with E-state index in [0.717, 1.165) is 25.2 Å². The smallest absolute Gasteiger partial charge is 0.133 e. The predicted molar refractivity (Wildman–Crippen MR) is 87.2 cm³/mol. The van der Waals surface area contributed by atoms with Crippen molar-refractivity contribution in [2.75, 3.05) is 6.54 Å². The van der Waals surface area contributed by atoms with Gasteiger partial charge >= 0.3 is 0 Å². The summed E-state index contributed by atoms with van der Waals surface area (Å²) in [5.74, 6) is 3.69. The molecule has 0 aliphatic heterocycles. The molecule has 2 N–H and O–H groups in total. The maximum absolute atomic E-state index is 5.75. The summed E-state index contributed by atoms with van der Waals surface area (Å²) >= 11 is 0. The summed E-state index contributed by atoms with van der Waals surface area (Å²) in [7, 11) is 0. The van der Waals surface area contributed by atoms with E-state index in [9.17, 15) is 0 Å². The average molecular weight is 292 g/mol. The predicted octanol–water partition coefficient (Wildman–Crippen LogP) is 3.65. The van der Waals surface area contributed by atoms with Crippen molar-refractivity contribution in [3.8, 4) is 0 Å². The molecule has 4 heteroatoms. The molecule has 1 aromatic rings. The SMILES string of the molecule is Cc1nnc(CCC(CCN)C(C)C)n1C1CCCCC1. The van der Waals surface area contributed by atoms with Gasteiger partial charge in [0.1, 0.15) is 11.6 Å². The highest BCUT2D eigenvalue weighted by Crippen LogP contribution is 2.30. The molecule has 1 aliphatic rings. The summed E-state index contributed by atoms with van der Waals surface area (Å²) in [5.41, 5.74) is 5.75. The lowest BCUT2D eigenvalue weighted by Gasteiger charge is -2.26. The van der Waals surface area contributed by atoms with Crippen LogP contribution in [0.25, 0.3) is 0 Å². The Morgan fingerprint density at radius 3 is 2.48 bits per heavy atom. The summed E-state index contributed by atoms with van der Waals surface area (Å²) in [6.45, 7) is 7.50. The van der Waals surface area contributed by atoms with E-state index in [2.05, 4.69) is 35.5 Å². The number of nitrogens with zero attached hydrogens (tertiary/aromatic N) is 3. The van der Waals surface area contributed by atoms with Crippen molar-refractivity contribution in [2.24, 2.45) is 17.6 Å². The van der Waals surface area contributed by atoms with E-state index in [1.165, 1.54) is 44.3 Å². The second-order valence-corrected chi connectivity index (χ2v) is 6.95. The summed E-state index contributed by atoms with van der Waals surface area (Å²) in [4.78, 5) is 0. The molecule has 0 aromatic carbocycles. The van der Waals surface area contributed by atoms with Crippen LogP contribution < -0.4 is 5.73 Å². The van der Waals surface area contributed by atoms with Gasteiger partial charge in [-0.15, -0.1) is 10.2 Å². The van der Waals surface area contributed by atoms with E-state index in [1.54, 1.807) is 0 Å². The van der Waals surface area contributed by atoms with Gasteiger partial charge in [0.15, 0.2) is 0 Å². The first-order valence-corrected chi connectivity index (χ1v) is 8.74. The first-order chi connectivity index (χ1) is 10.1. The topological polar surface area (TPSA) is 56.7 Å². The van der Waals surface area contributed by atoms with Crippen LogP contribution in [0.1, 0.15) is 76.5 Å². The van der Waals surface area contributed by atoms with Crippen molar-refractivity contribution in [2.45, 2.75) is 78.2 Å². The van der Waals surface area contributed by atoms with Crippen LogP contribution >= 0.6 is 0 Å². The summed E-state index contributed by atoms with van der Waals surface area (Å²) in [6.07, 6.45) is 10.0. The standard InChI is InChI=1S/C17H32N4/c1-13(2)15(11-12-18)9-10-17-20-19-14(3)21(17)16-7-5-4-6-8-16/h13,15-16H,4-12,18H2,1-3H3. The first kappa shape index (κ1) is 16.5. The van der Waals surface area contributed by atoms with E-state index in [0.29, 0.717) is 17.9 Å². The third-order valence-electron chi connectivity index (χ3n) is 5.10. The number of hydrogen-bond donors (Lipinski definition) is 1. The Balaban J connectivity index is 2.02. The van der Waals surface area contributed by atoms with Gasteiger partial charge in [0.05, 0.1) is 0 Å².